The first-order chi connectivity index (χ1) is 17.0. The molecule has 0 saturated heterocycles. The van der Waals surface area contributed by atoms with Gasteiger partial charge in [-0.2, -0.15) is 0 Å². The fourth-order valence-corrected chi connectivity index (χ4v) is 4.28. The highest BCUT2D eigenvalue weighted by molar-refractivity contribution is 6.40. The molecule has 2 heterocycles. The van der Waals surface area contributed by atoms with Crippen molar-refractivity contribution in [3.63, 3.8) is 0 Å². The van der Waals surface area contributed by atoms with E-state index in [-0.39, 0.29) is 18.3 Å². The smallest absolute Gasteiger partial charge is 0.314 e. The second-order valence-corrected chi connectivity index (χ2v) is 8.51. The van der Waals surface area contributed by atoms with E-state index in [9.17, 15) is 14.4 Å². The number of anilines is 1. The highest BCUT2D eigenvalue weighted by atomic mass is 16.5. The number of amides is 3. The maximum atomic E-state index is 13.5. The number of carbonyl (C=O) groups excluding carboxylic acids is 3. The summed E-state index contributed by atoms with van der Waals surface area (Å²) in [6.07, 6.45) is 5.28. The predicted molar refractivity (Wildman–Crippen MR) is 127 cm³/mol. The Morgan fingerprint density at radius 2 is 1.86 bits per heavy atom. The van der Waals surface area contributed by atoms with Gasteiger partial charge in [-0.1, -0.05) is 25.0 Å². The zero-order chi connectivity index (χ0) is 24.8. The molecule has 2 N–H and O–H groups in total. The number of nitrogens with zero attached hydrogens (tertiary/aromatic N) is 1. The van der Waals surface area contributed by atoms with Gasteiger partial charge in [0.05, 0.1) is 25.6 Å². The number of hydrogen-bond donors (Lipinski definition) is 2. The van der Waals surface area contributed by atoms with E-state index >= 15 is 0 Å². The van der Waals surface area contributed by atoms with Gasteiger partial charge in [0.2, 0.25) is 0 Å². The minimum Gasteiger partial charge on any atom is -0.495 e. The van der Waals surface area contributed by atoms with Crippen LogP contribution < -0.4 is 15.4 Å². The maximum absolute atomic E-state index is 13.5. The summed E-state index contributed by atoms with van der Waals surface area (Å²) in [7, 11) is 1.47. The Balaban J connectivity index is 1.66. The molecule has 0 bridgehead atoms. The Hall–Kier alpha value is -4.01. The number of carbonyl (C=O) groups is 3. The van der Waals surface area contributed by atoms with Crippen LogP contribution in [0.2, 0.25) is 0 Å². The van der Waals surface area contributed by atoms with Crippen LogP contribution in [0, 0.1) is 6.92 Å². The second-order valence-electron chi connectivity index (χ2n) is 8.51. The summed E-state index contributed by atoms with van der Waals surface area (Å²) in [5, 5.41) is 5.63. The normalized spacial score (nSPS) is 14.3. The molecule has 1 fully saturated rings. The summed E-state index contributed by atoms with van der Waals surface area (Å²) in [5.74, 6) is -0.550. The molecule has 1 aliphatic carbocycles. The molecule has 0 spiro atoms. The summed E-state index contributed by atoms with van der Waals surface area (Å²) in [5.41, 5.74) is 0.340. The number of rotatable bonds is 8. The van der Waals surface area contributed by atoms with Crippen LogP contribution in [0.3, 0.4) is 0 Å². The van der Waals surface area contributed by atoms with Crippen molar-refractivity contribution in [2.75, 3.05) is 12.4 Å². The third-order valence-corrected chi connectivity index (χ3v) is 6.01. The molecule has 3 amide bonds. The first-order valence-corrected chi connectivity index (χ1v) is 11.6. The number of nitrogens with one attached hydrogen (secondary N) is 2. The van der Waals surface area contributed by atoms with E-state index < -0.39 is 23.8 Å². The lowest BCUT2D eigenvalue weighted by molar-refractivity contribution is -0.149. The highest BCUT2D eigenvalue weighted by Crippen LogP contribution is 2.28. The predicted octanol–water partition coefficient (Wildman–Crippen LogP) is 3.96. The lowest BCUT2D eigenvalue weighted by atomic mass is 10.1. The van der Waals surface area contributed by atoms with Crippen LogP contribution in [0.5, 0.6) is 5.75 Å². The standard InChI is InChI=1S/C26H29N3O6/c1-17-13-14-22(35-17)23(24(30)27-18-8-3-4-9-18)29(16-19-10-7-15-34-19)26(32)25(31)28-20-11-5-6-12-21(20)33-2/h5-7,10-15,18,23H,3-4,8-9,16H2,1-2H3,(H,27,30)(H,28,31). The van der Waals surface area contributed by atoms with Crippen molar-refractivity contribution in [3.8, 4) is 5.75 Å². The lowest BCUT2D eigenvalue weighted by Crippen LogP contribution is -2.48. The van der Waals surface area contributed by atoms with Crippen LogP contribution in [0.4, 0.5) is 5.69 Å². The van der Waals surface area contributed by atoms with Crippen LogP contribution in [-0.2, 0) is 20.9 Å². The highest BCUT2D eigenvalue weighted by Gasteiger charge is 2.38. The van der Waals surface area contributed by atoms with Gasteiger partial charge in [-0.3, -0.25) is 14.4 Å². The van der Waals surface area contributed by atoms with Gasteiger partial charge in [0.15, 0.2) is 6.04 Å². The SMILES string of the molecule is COc1ccccc1NC(=O)C(=O)N(Cc1ccco1)C(C(=O)NC1CCCC1)c1ccc(C)o1. The Morgan fingerprint density at radius 1 is 1.09 bits per heavy atom. The molecule has 1 aliphatic rings. The molecule has 1 unspecified atom stereocenters. The van der Waals surface area contributed by atoms with E-state index in [2.05, 4.69) is 10.6 Å². The first kappa shape index (κ1) is 24.1. The average molecular weight is 480 g/mol. The molecule has 184 valence electrons. The molecular formula is C26H29N3O6. The molecular weight excluding hydrogens is 450 g/mol. The van der Waals surface area contributed by atoms with Crippen LogP contribution in [0.25, 0.3) is 0 Å². The fraction of sp³-hybridized carbons (Fsp3) is 0.346. The number of methoxy groups -OCH3 is 1. The molecule has 1 saturated carbocycles. The Bertz CT molecular complexity index is 1160. The van der Waals surface area contributed by atoms with Crippen molar-refractivity contribution >= 4 is 23.4 Å². The van der Waals surface area contributed by atoms with Gasteiger partial charge in [0, 0.05) is 6.04 Å². The zero-order valence-corrected chi connectivity index (χ0v) is 19.8. The maximum Gasteiger partial charge on any atom is 0.314 e. The molecule has 2 aromatic heterocycles. The number of hydrogen-bond acceptors (Lipinski definition) is 6. The number of aryl methyl sites for hydroxylation is 1. The van der Waals surface area contributed by atoms with E-state index in [1.54, 1.807) is 55.5 Å². The molecule has 1 aromatic carbocycles. The van der Waals surface area contributed by atoms with Crippen molar-refractivity contribution < 1.29 is 28.0 Å². The van der Waals surface area contributed by atoms with Gasteiger partial charge < -0.3 is 29.1 Å². The molecule has 3 aromatic rings. The van der Waals surface area contributed by atoms with E-state index in [0.717, 1.165) is 25.7 Å². The van der Waals surface area contributed by atoms with E-state index in [1.807, 2.05) is 0 Å². The molecule has 0 radical (unpaired) electrons. The number of ether oxygens (including phenoxy) is 1. The lowest BCUT2D eigenvalue weighted by Gasteiger charge is -2.29. The number of benzene rings is 1. The fourth-order valence-electron chi connectivity index (χ4n) is 4.28. The van der Waals surface area contributed by atoms with Gasteiger partial charge in [-0.05, 0) is 56.2 Å². The molecule has 35 heavy (non-hydrogen) atoms. The third-order valence-electron chi connectivity index (χ3n) is 6.01. The minimum absolute atomic E-state index is 0.0176. The Morgan fingerprint density at radius 3 is 2.51 bits per heavy atom. The first-order valence-electron chi connectivity index (χ1n) is 11.6. The van der Waals surface area contributed by atoms with Crippen LogP contribution in [-0.4, -0.2) is 35.8 Å². The van der Waals surface area contributed by atoms with Gasteiger partial charge in [-0.25, -0.2) is 0 Å². The summed E-state index contributed by atoms with van der Waals surface area (Å²) in [6.45, 7) is 1.65. The quantitative estimate of drug-likeness (QED) is 0.473. The average Bonchev–Trinajstić information content (AvgIpc) is 3.63. The Labute approximate surface area is 203 Å². The van der Waals surface area contributed by atoms with Crippen LogP contribution in [0.1, 0.15) is 49.0 Å². The van der Waals surface area contributed by atoms with E-state index in [4.69, 9.17) is 13.6 Å². The van der Waals surface area contributed by atoms with Gasteiger partial charge in [0.25, 0.3) is 5.91 Å². The minimum atomic E-state index is -1.16. The number of furan rings is 2. The van der Waals surface area contributed by atoms with E-state index in [1.165, 1.54) is 18.3 Å². The molecule has 0 aliphatic heterocycles. The summed E-state index contributed by atoms with van der Waals surface area (Å²) >= 11 is 0. The summed E-state index contributed by atoms with van der Waals surface area (Å²) in [6, 6.07) is 12.3. The van der Waals surface area contributed by atoms with Crippen LogP contribution in [0.15, 0.2) is 63.6 Å². The van der Waals surface area contributed by atoms with Crippen molar-refractivity contribution in [3.05, 3.63) is 72.1 Å². The van der Waals surface area contributed by atoms with Crippen molar-refractivity contribution in [1.29, 1.82) is 0 Å². The van der Waals surface area contributed by atoms with E-state index in [0.29, 0.717) is 23.0 Å². The molecule has 1 atom stereocenters. The summed E-state index contributed by atoms with van der Waals surface area (Å²) in [4.78, 5) is 41.3. The Kier molecular flexibility index (Phi) is 7.54. The van der Waals surface area contributed by atoms with Crippen molar-refractivity contribution in [1.82, 2.24) is 10.2 Å². The zero-order valence-electron chi connectivity index (χ0n) is 19.8. The second kappa shape index (κ2) is 10.9. The largest absolute Gasteiger partial charge is 0.495 e. The van der Waals surface area contributed by atoms with Crippen LogP contribution >= 0.6 is 0 Å². The van der Waals surface area contributed by atoms with Gasteiger partial charge in [-0.15, -0.1) is 0 Å². The molecule has 9 heteroatoms. The van der Waals surface area contributed by atoms with Crippen molar-refractivity contribution in [2.24, 2.45) is 0 Å². The monoisotopic (exact) mass is 479 g/mol. The topological polar surface area (TPSA) is 114 Å². The number of para-hydroxylation sites is 2. The van der Waals surface area contributed by atoms with Gasteiger partial charge >= 0.3 is 11.8 Å². The summed E-state index contributed by atoms with van der Waals surface area (Å²) < 4.78 is 16.5. The van der Waals surface area contributed by atoms with Crippen molar-refractivity contribution in [2.45, 2.75) is 51.2 Å². The third kappa shape index (κ3) is 5.74. The molecule has 4 rings (SSSR count). The molecule has 9 nitrogen and oxygen atoms in total. The van der Waals surface area contributed by atoms with Gasteiger partial charge in [0.1, 0.15) is 23.0 Å².